The number of carbonyl (C=O) groups excluding carboxylic acids is 4. The summed E-state index contributed by atoms with van der Waals surface area (Å²) >= 11 is 0. The van der Waals surface area contributed by atoms with Gasteiger partial charge in [-0.15, -0.1) is 0 Å². The van der Waals surface area contributed by atoms with Crippen LogP contribution in [0.5, 0.6) is 0 Å². The minimum absolute atomic E-state index is 0.106. The van der Waals surface area contributed by atoms with Crippen molar-refractivity contribution in [3.8, 4) is 0 Å². The Morgan fingerprint density at radius 1 is 1.07 bits per heavy atom. The molecule has 2 aliphatic rings. The third-order valence-corrected chi connectivity index (χ3v) is 8.01. The summed E-state index contributed by atoms with van der Waals surface area (Å²) < 4.78 is 20.2. The summed E-state index contributed by atoms with van der Waals surface area (Å²) in [7, 11) is 0. The molecule has 0 radical (unpaired) electrons. The van der Waals surface area contributed by atoms with Crippen molar-refractivity contribution in [2.24, 2.45) is 11.3 Å². The predicted octanol–water partition coefficient (Wildman–Crippen LogP) is 3.37. The lowest BCUT2D eigenvalue weighted by Crippen LogP contribution is -2.61. The summed E-state index contributed by atoms with van der Waals surface area (Å²) in [6.45, 7) is 7.79. The Hall–Kier alpha value is -3.86. The van der Waals surface area contributed by atoms with E-state index in [0.29, 0.717) is 36.2 Å². The molecule has 3 heterocycles. The van der Waals surface area contributed by atoms with Crippen LogP contribution in [0.4, 0.5) is 4.39 Å². The Kier molecular flexibility index (Phi) is 9.60. The molecule has 42 heavy (non-hydrogen) atoms. The van der Waals surface area contributed by atoms with Crippen molar-refractivity contribution in [1.82, 2.24) is 26.1 Å². The summed E-state index contributed by atoms with van der Waals surface area (Å²) in [5, 5.41) is 7.84. The predicted molar refractivity (Wildman–Crippen MR) is 156 cm³/mol. The number of hydrazine groups is 1. The zero-order valence-corrected chi connectivity index (χ0v) is 24.8. The van der Waals surface area contributed by atoms with Crippen molar-refractivity contribution in [2.75, 3.05) is 13.2 Å². The second kappa shape index (κ2) is 13.0. The molecule has 11 heteroatoms. The van der Waals surface area contributed by atoms with Gasteiger partial charge in [-0.3, -0.25) is 29.2 Å². The molecule has 226 valence electrons. The van der Waals surface area contributed by atoms with Gasteiger partial charge in [0, 0.05) is 11.9 Å². The lowest BCUT2D eigenvalue weighted by Gasteiger charge is -2.35. The number of ether oxygens (including phenoxy) is 1. The second-order valence-corrected chi connectivity index (χ2v) is 11.5. The van der Waals surface area contributed by atoms with Gasteiger partial charge >= 0.3 is 5.97 Å². The number of nitrogens with zero attached hydrogens (tertiary/aromatic N) is 2. The molecule has 4 rings (SSSR count). The quantitative estimate of drug-likeness (QED) is 0.474. The van der Waals surface area contributed by atoms with E-state index >= 15 is 0 Å². The highest BCUT2D eigenvalue weighted by molar-refractivity contribution is 5.92. The normalized spacial score (nSPS) is 28.8. The zero-order valence-electron chi connectivity index (χ0n) is 24.8. The Bertz CT molecular complexity index is 1370. The zero-order chi connectivity index (χ0) is 30.6. The first-order valence-corrected chi connectivity index (χ1v) is 14.5. The Balaban J connectivity index is 1.75. The van der Waals surface area contributed by atoms with E-state index in [0.717, 1.165) is 5.39 Å². The monoisotopic (exact) mass is 581 g/mol. The number of carbonyl (C=O) groups is 4. The van der Waals surface area contributed by atoms with Crippen LogP contribution in [0.2, 0.25) is 0 Å². The Morgan fingerprint density at radius 3 is 2.48 bits per heavy atom. The average molecular weight is 582 g/mol. The summed E-state index contributed by atoms with van der Waals surface area (Å²) in [6, 6.07) is 7.27. The summed E-state index contributed by atoms with van der Waals surface area (Å²) in [5.74, 6) is -2.67. The van der Waals surface area contributed by atoms with Crippen LogP contribution in [0.3, 0.4) is 0 Å². The van der Waals surface area contributed by atoms with Crippen molar-refractivity contribution in [3.63, 3.8) is 0 Å². The van der Waals surface area contributed by atoms with Crippen LogP contribution in [-0.2, 0) is 23.9 Å². The summed E-state index contributed by atoms with van der Waals surface area (Å²) in [6.07, 6.45) is 3.11. The summed E-state index contributed by atoms with van der Waals surface area (Å²) in [4.78, 5) is 57.8. The fraction of sp³-hybridized carbons (Fsp3) is 0.516. The molecular formula is C31H40FN5O5. The largest absolute Gasteiger partial charge is 0.451 e. The molecule has 1 fully saturated rings. The topological polar surface area (TPSA) is 130 Å². The molecule has 2 aromatic rings. The standard InChI is InChI=1S/C31H40FN5O5/c1-6-31(17-32)14-13-21-9-10-22-11-12-23(35-25(22)16-21)19(4)33-27(38)24-8-7-15-37(36-24)29(40)20(5)34-28(39)26(18(2)3)42-30(31)41/h9-14,16,18-20,24,26,36H,6-8,15,17H2,1-5H3,(H,33,38)(H,34,39)/b14-13+/t19-,20+,24+,26+,31-/m1/s1. The molecular weight excluding hydrogens is 541 g/mol. The van der Waals surface area contributed by atoms with Gasteiger partial charge in [0.25, 0.3) is 11.8 Å². The highest BCUT2D eigenvalue weighted by Crippen LogP contribution is 2.30. The molecule has 1 aromatic carbocycles. The fourth-order valence-corrected chi connectivity index (χ4v) is 5.11. The van der Waals surface area contributed by atoms with E-state index in [1.54, 1.807) is 26.8 Å². The number of hydrogen-bond donors (Lipinski definition) is 3. The van der Waals surface area contributed by atoms with E-state index in [4.69, 9.17) is 9.72 Å². The molecule has 0 aliphatic carbocycles. The van der Waals surface area contributed by atoms with Crippen molar-refractivity contribution in [1.29, 1.82) is 0 Å². The van der Waals surface area contributed by atoms with Crippen LogP contribution in [-0.4, -0.2) is 65.1 Å². The highest BCUT2D eigenvalue weighted by atomic mass is 19.1. The maximum absolute atomic E-state index is 14.6. The number of esters is 1. The number of pyridine rings is 1. The minimum Gasteiger partial charge on any atom is -0.451 e. The third-order valence-electron chi connectivity index (χ3n) is 8.01. The molecule has 2 aliphatic heterocycles. The van der Waals surface area contributed by atoms with Gasteiger partial charge < -0.3 is 15.4 Å². The lowest BCUT2D eigenvalue weighted by atomic mass is 9.85. The maximum atomic E-state index is 14.6. The van der Waals surface area contributed by atoms with E-state index in [2.05, 4.69) is 16.1 Å². The number of nitrogens with one attached hydrogen (secondary N) is 3. The molecule has 1 aromatic heterocycles. The molecule has 0 spiro atoms. The first-order chi connectivity index (χ1) is 20.0. The van der Waals surface area contributed by atoms with Gasteiger partial charge in [0.05, 0.1) is 17.3 Å². The summed E-state index contributed by atoms with van der Waals surface area (Å²) in [5.41, 5.74) is 3.41. The van der Waals surface area contributed by atoms with Crippen LogP contribution >= 0.6 is 0 Å². The van der Waals surface area contributed by atoms with E-state index in [1.807, 2.05) is 37.3 Å². The molecule has 5 bridgehead atoms. The number of hydrogen-bond acceptors (Lipinski definition) is 7. The SMILES string of the molecule is CC[C@]1(CF)/C=C/c2ccc3ccc(nc3c2)[C@@H](C)NC(=O)[C@@H]2CCCN(N2)C(=O)[C@H](C)NC(=O)[C@H](C(C)C)OC1=O. The second-order valence-electron chi connectivity index (χ2n) is 11.5. The number of cyclic esters (lactones) is 1. The van der Waals surface area contributed by atoms with E-state index in [1.165, 1.54) is 18.0 Å². The van der Waals surface area contributed by atoms with Gasteiger partial charge in [0.2, 0.25) is 5.91 Å². The van der Waals surface area contributed by atoms with Crippen molar-refractivity contribution < 1.29 is 28.3 Å². The van der Waals surface area contributed by atoms with Gasteiger partial charge in [0.15, 0.2) is 6.10 Å². The molecule has 3 amide bonds. The van der Waals surface area contributed by atoms with Crippen molar-refractivity contribution in [2.45, 2.75) is 78.1 Å². The first-order valence-electron chi connectivity index (χ1n) is 14.5. The maximum Gasteiger partial charge on any atom is 0.319 e. The highest BCUT2D eigenvalue weighted by Gasteiger charge is 2.40. The molecule has 10 nitrogen and oxygen atoms in total. The average Bonchev–Trinajstić information content (AvgIpc) is 2.99. The van der Waals surface area contributed by atoms with Gasteiger partial charge in [0.1, 0.15) is 24.2 Å². The third kappa shape index (κ3) is 6.61. The Morgan fingerprint density at radius 2 is 1.79 bits per heavy atom. The Labute approximate surface area is 245 Å². The van der Waals surface area contributed by atoms with E-state index < -0.39 is 60.0 Å². The fourth-order valence-electron chi connectivity index (χ4n) is 5.11. The van der Waals surface area contributed by atoms with Crippen LogP contribution in [0, 0.1) is 11.3 Å². The number of fused-ring (bicyclic) bond motifs is 4. The number of amides is 3. The number of alkyl halides is 1. The van der Waals surface area contributed by atoms with E-state index in [9.17, 15) is 23.6 Å². The number of rotatable bonds is 3. The van der Waals surface area contributed by atoms with Crippen LogP contribution < -0.4 is 16.1 Å². The molecule has 3 N–H and O–H groups in total. The minimum atomic E-state index is -1.61. The number of benzene rings is 1. The smallest absolute Gasteiger partial charge is 0.319 e. The van der Waals surface area contributed by atoms with Gasteiger partial charge in [-0.25, -0.2) is 9.82 Å². The van der Waals surface area contributed by atoms with Crippen LogP contribution in [0.15, 0.2) is 36.4 Å². The van der Waals surface area contributed by atoms with Gasteiger partial charge in [-0.1, -0.05) is 51.1 Å². The van der Waals surface area contributed by atoms with Gasteiger partial charge in [-0.2, -0.15) is 0 Å². The van der Waals surface area contributed by atoms with Crippen LogP contribution in [0.1, 0.15) is 71.2 Å². The molecule has 1 saturated heterocycles. The number of aromatic nitrogens is 1. The van der Waals surface area contributed by atoms with Crippen LogP contribution in [0.25, 0.3) is 17.0 Å². The number of halogens is 1. The lowest BCUT2D eigenvalue weighted by molar-refractivity contribution is -0.167. The van der Waals surface area contributed by atoms with E-state index in [-0.39, 0.29) is 12.3 Å². The first kappa shape index (κ1) is 31.1. The molecule has 0 unspecified atom stereocenters. The molecule has 0 saturated carbocycles. The molecule has 5 atom stereocenters. The van der Waals surface area contributed by atoms with Crippen molar-refractivity contribution >= 4 is 40.7 Å². The van der Waals surface area contributed by atoms with Crippen molar-refractivity contribution in [3.05, 3.63) is 47.7 Å². The van der Waals surface area contributed by atoms with Gasteiger partial charge in [-0.05, 0) is 56.7 Å².